The third-order valence-electron chi connectivity index (χ3n) is 4.30. The Labute approximate surface area is 179 Å². The lowest BCUT2D eigenvalue weighted by atomic mass is 10.0. The molecule has 0 aliphatic carbocycles. The highest BCUT2D eigenvalue weighted by Gasteiger charge is 2.38. The van der Waals surface area contributed by atoms with Crippen LogP contribution in [0.3, 0.4) is 0 Å². The molecule has 0 aliphatic rings. The molecule has 0 saturated heterocycles. The predicted molar refractivity (Wildman–Crippen MR) is 101 cm³/mol. The van der Waals surface area contributed by atoms with Crippen LogP contribution in [-0.2, 0) is 27.2 Å². The van der Waals surface area contributed by atoms with Gasteiger partial charge >= 0.3 is 12.4 Å². The zero-order valence-electron chi connectivity index (χ0n) is 16.3. The summed E-state index contributed by atoms with van der Waals surface area (Å²) in [7, 11) is -4.78. The second-order valence-electron chi connectivity index (χ2n) is 6.68. The van der Waals surface area contributed by atoms with Gasteiger partial charge < -0.3 is 10.4 Å². The molecule has 2 aromatic rings. The normalized spacial score (nSPS) is 14.6. The number of rotatable bonds is 7. The van der Waals surface area contributed by atoms with Gasteiger partial charge in [0.15, 0.2) is 0 Å². The molecular formula is C19H18F6N2O4S. The molecule has 3 N–H and O–H groups in total. The maximum absolute atomic E-state index is 13.1. The first kappa shape index (κ1) is 25.6. The Hall–Kier alpha value is -2.64. The molecule has 1 amide bonds. The number of carbonyl (C=O) groups is 1. The van der Waals surface area contributed by atoms with Crippen LogP contribution in [0.4, 0.5) is 26.3 Å². The predicted octanol–water partition coefficient (Wildman–Crippen LogP) is 3.24. The zero-order valence-corrected chi connectivity index (χ0v) is 17.1. The van der Waals surface area contributed by atoms with E-state index >= 15 is 0 Å². The smallest absolute Gasteiger partial charge is 0.387 e. The second kappa shape index (κ2) is 9.46. The Morgan fingerprint density at radius 1 is 0.938 bits per heavy atom. The van der Waals surface area contributed by atoms with E-state index in [4.69, 9.17) is 0 Å². The molecule has 2 rings (SSSR count). The first-order valence-corrected chi connectivity index (χ1v) is 10.4. The first-order chi connectivity index (χ1) is 14.6. The van der Waals surface area contributed by atoms with Crippen molar-refractivity contribution in [3.63, 3.8) is 0 Å². The van der Waals surface area contributed by atoms with Gasteiger partial charge in [-0.15, -0.1) is 0 Å². The molecule has 0 saturated carbocycles. The van der Waals surface area contributed by atoms with Crippen molar-refractivity contribution in [2.75, 3.05) is 6.54 Å². The van der Waals surface area contributed by atoms with Gasteiger partial charge in [0.05, 0.1) is 28.2 Å². The van der Waals surface area contributed by atoms with Crippen molar-refractivity contribution < 1.29 is 44.7 Å². The summed E-state index contributed by atoms with van der Waals surface area (Å²) < 4.78 is 105. The van der Waals surface area contributed by atoms with Crippen molar-refractivity contribution in [3.8, 4) is 0 Å². The van der Waals surface area contributed by atoms with E-state index in [0.29, 0.717) is 12.1 Å². The van der Waals surface area contributed by atoms with Gasteiger partial charge in [-0.05, 0) is 30.7 Å². The molecule has 0 aliphatic heterocycles. The maximum Gasteiger partial charge on any atom is 0.417 e. The molecule has 0 bridgehead atoms. The van der Waals surface area contributed by atoms with Crippen LogP contribution in [0.15, 0.2) is 53.4 Å². The van der Waals surface area contributed by atoms with Crippen molar-refractivity contribution in [3.05, 3.63) is 65.2 Å². The highest BCUT2D eigenvalue weighted by atomic mass is 32.2. The fourth-order valence-electron chi connectivity index (χ4n) is 2.79. The van der Waals surface area contributed by atoms with E-state index < -0.39 is 68.6 Å². The number of carbonyl (C=O) groups excluding carboxylic acids is 1. The molecule has 0 radical (unpaired) electrons. The van der Waals surface area contributed by atoms with E-state index in [-0.39, 0.29) is 0 Å². The van der Waals surface area contributed by atoms with E-state index in [1.165, 1.54) is 6.07 Å². The van der Waals surface area contributed by atoms with E-state index in [2.05, 4.69) is 5.32 Å². The molecule has 2 atom stereocenters. The lowest BCUT2D eigenvalue weighted by molar-refractivity contribution is -0.140. The highest BCUT2D eigenvalue weighted by molar-refractivity contribution is 7.89. The summed E-state index contributed by atoms with van der Waals surface area (Å²) in [6.07, 6.45) is -11.5. The van der Waals surface area contributed by atoms with Crippen LogP contribution in [0.2, 0.25) is 0 Å². The Bertz CT molecular complexity index is 1070. The van der Waals surface area contributed by atoms with Gasteiger partial charge in [-0.25, -0.2) is 8.42 Å². The summed E-state index contributed by atoms with van der Waals surface area (Å²) in [5.41, 5.74) is -3.05. The number of amides is 1. The Kier molecular flexibility index (Phi) is 7.58. The van der Waals surface area contributed by atoms with Crippen molar-refractivity contribution >= 4 is 15.9 Å². The Morgan fingerprint density at radius 2 is 1.44 bits per heavy atom. The van der Waals surface area contributed by atoms with Crippen LogP contribution in [0.1, 0.15) is 29.7 Å². The van der Waals surface area contributed by atoms with Crippen LogP contribution in [-0.4, -0.2) is 32.0 Å². The average molecular weight is 484 g/mol. The molecule has 176 valence electrons. The minimum absolute atomic E-state index is 0.507. The van der Waals surface area contributed by atoms with Gasteiger partial charge in [-0.1, -0.05) is 30.3 Å². The monoisotopic (exact) mass is 484 g/mol. The fourth-order valence-corrected chi connectivity index (χ4v) is 4.22. The minimum atomic E-state index is -4.97. The SMILES string of the molecule is C[C@H](NS(=O)(=O)c1ccccc1C(F)(F)F)C(=O)NCC(O)c1ccccc1C(F)(F)F. The van der Waals surface area contributed by atoms with E-state index in [0.717, 1.165) is 37.3 Å². The Morgan fingerprint density at radius 3 is 2.00 bits per heavy atom. The van der Waals surface area contributed by atoms with Gasteiger partial charge in [-0.3, -0.25) is 4.79 Å². The number of aliphatic hydroxyl groups is 1. The van der Waals surface area contributed by atoms with Crippen molar-refractivity contribution in [1.82, 2.24) is 10.0 Å². The number of alkyl halides is 6. The van der Waals surface area contributed by atoms with Crippen LogP contribution in [0.5, 0.6) is 0 Å². The molecule has 2 aromatic carbocycles. The molecule has 13 heteroatoms. The number of aliphatic hydroxyl groups excluding tert-OH is 1. The maximum atomic E-state index is 13.1. The third-order valence-corrected chi connectivity index (χ3v) is 5.90. The molecule has 32 heavy (non-hydrogen) atoms. The number of hydrogen-bond acceptors (Lipinski definition) is 4. The van der Waals surface area contributed by atoms with Gasteiger partial charge in [-0.2, -0.15) is 31.1 Å². The summed E-state index contributed by atoms with van der Waals surface area (Å²) >= 11 is 0. The number of sulfonamides is 1. The first-order valence-electron chi connectivity index (χ1n) is 8.95. The van der Waals surface area contributed by atoms with Crippen molar-refractivity contribution in [1.29, 1.82) is 0 Å². The van der Waals surface area contributed by atoms with E-state index in [9.17, 15) is 44.7 Å². The lowest BCUT2D eigenvalue weighted by Gasteiger charge is -2.20. The topological polar surface area (TPSA) is 95.5 Å². The van der Waals surface area contributed by atoms with Gasteiger partial charge in [0.25, 0.3) is 0 Å². The largest absolute Gasteiger partial charge is 0.417 e. The van der Waals surface area contributed by atoms with Crippen molar-refractivity contribution in [2.45, 2.75) is 36.3 Å². The number of halogens is 6. The van der Waals surface area contributed by atoms with Crippen LogP contribution < -0.4 is 10.0 Å². The molecule has 0 heterocycles. The van der Waals surface area contributed by atoms with E-state index in [1.54, 1.807) is 4.72 Å². The minimum Gasteiger partial charge on any atom is -0.387 e. The molecule has 0 spiro atoms. The average Bonchev–Trinajstić information content (AvgIpc) is 2.70. The quantitative estimate of drug-likeness (QED) is 0.526. The number of nitrogens with one attached hydrogen (secondary N) is 2. The number of benzene rings is 2. The van der Waals surface area contributed by atoms with Crippen LogP contribution in [0, 0.1) is 0 Å². The van der Waals surface area contributed by atoms with Gasteiger partial charge in [0.1, 0.15) is 0 Å². The second-order valence-corrected chi connectivity index (χ2v) is 8.37. The standard InChI is InChI=1S/C19H18F6N2O4S/c1-11(27-32(30,31)16-9-5-4-8-14(16)19(23,24)25)17(29)26-10-15(28)12-6-2-3-7-13(12)18(20,21)22/h2-9,11,15,27-28H,10H2,1H3,(H,26,29)/t11-,15?/m0/s1. The summed E-state index contributed by atoms with van der Waals surface area (Å²) in [6.45, 7) is 0.330. The lowest BCUT2D eigenvalue weighted by Crippen LogP contribution is -2.46. The molecule has 6 nitrogen and oxygen atoms in total. The van der Waals surface area contributed by atoms with Crippen LogP contribution in [0.25, 0.3) is 0 Å². The highest BCUT2D eigenvalue weighted by Crippen LogP contribution is 2.35. The zero-order chi connectivity index (χ0) is 24.3. The molecule has 0 fully saturated rings. The van der Waals surface area contributed by atoms with Crippen molar-refractivity contribution in [2.24, 2.45) is 0 Å². The molecule has 1 unspecified atom stereocenters. The summed E-state index contributed by atoms with van der Waals surface area (Å²) in [5, 5.41) is 12.1. The number of hydrogen-bond donors (Lipinski definition) is 3. The molecular weight excluding hydrogens is 466 g/mol. The van der Waals surface area contributed by atoms with Crippen LogP contribution >= 0.6 is 0 Å². The summed E-state index contributed by atoms with van der Waals surface area (Å²) in [4.78, 5) is 11.1. The summed E-state index contributed by atoms with van der Waals surface area (Å²) in [6, 6.07) is 5.89. The fraction of sp³-hybridized carbons (Fsp3) is 0.316. The summed E-state index contributed by atoms with van der Waals surface area (Å²) in [5.74, 6) is -1.07. The van der Waals surface area contributed by atoms with Gasteiger partial charge in [0.2, 0.25) is 15.9 Å². The Balaban J connectivity index is 2.10. The third kappa shape index (κ3) is 6.20. The molecule has 0 aromatic heterocycles. The van der Waals surface area contributed by atoms with Gasteiger partial charge in [0, 0.05) is 6.54 Å². The van der Waals surface area contributed by atoms with E-state index in [1.807, 2.05) is 0 Å².